The van der Waals surface area contributed by atoms with E-state index in [1.54, 1.807) is 6.20 Å². The Balaban J connectivity index is 1.31. The third-order valence-corrected chi connectivity index (χ3v) is 6.21. The Hall–Kier alpha value is -3.39. The van der Waals surface area contributed by atoms with Crippen LogP contribution >= 0.6 is 0 Å². The maximum atomic E-state index is 5.46. The summed E-state index contributed by atoms with van der Waals surface area (Å²) >= 11 is 0. The smallest absolute Gasteiger partial charge is 0.154 e. The van der Waals surface area contributed by atoms with Gasteiger partial charge in [-0.05, 0) is 60.9 Å². The predicted octanol–water partition coefficient (Wildman–Crippen LogP) is 4.97. The summed E-state index contributed by atoms with van der Waals surface area (Å²) in [6.07, 6.45) is 11.1. The van der Waals surface area contributed by atoms with Gasteiger partial charge in [-0.25, -0.2) is 4.98 Å². The zero-order valence-corrected chi connectivity index (χ0v) is 19.1. The number of fused-ring (bicyclic) bond motifs is 1. The van der Waals surface area contributed by atoms with Crippen molar-refractivity contribution < 1.29 is 4.74 Å². The van der Waals surface area contributed by atoms with Crippen LogP contribution in [0, 0.1) is 5.92 Å². The van der Waals surface area contributed by atoms with Crippen molar-refractivity contribution in [1.82, 2.24) is 29.9 Å². The van der Waals surface area contributed by atoms with Gasteiger partial charge in [0, 0.05) is 43.3 Å². The van der Waals surface area contributed by atoms with Crippen LogP contribution < -0.4 is 5.32 Å². The van der Waals surface area contributed by atoms with E-state index in [9.17, 15) is 0 Å². The fraction of sp³-hybridized carbons (Fsp3) is 0.400. The fourth-order valence-electron chi connectivity index (χ4n) is 4.11. The molecule has 1 saturated heterocycles. The minimum Gasteiger partial charge on any atom is -0.381 e. The van der Waals surface area contributed by atoms with E-state index in [0.29, 0.717) is 17.6 Å². The van der Waals surface area contributed by atoms with Gasteiger partial charge in [0.2, 0.25) is 0 Å². The summed E-state index contributed by atoms with van der Waals surface area (Å²) < 4.78 is 7.49. The average molecular weight is 444 g/mol. The summed E-state index contributed by atoms with van der Waals surface area (Å²) in [5.41, 5.74) is 4.85. The summed E-state index contributed by atoms with van der Waals surface area (Å²) in [4.78, 5) is 9.36. The normalized spacial score (nSPS) is 14.8. The van der Waals surface area contributed by atoms with E-state index < -0.39 is 0 Å². The lowest BCUT2D eigenvalue weighted by Crippen LogP contribution is -2.17. The van der Waals surface area contributed by atoms with Gasteiger partial charge in [0.15, 0.2) is 5.82 Å². The van der Waals surface area contributed by atoms with Gasteiger partial charge in [0.1, 0.15) is 5.82 Å². The summed E-state index contributed by atoms with van der Waals surface area (Å²) in [6.45, 7) is 6.97. The Morgan fingerprint density at radius 3 is 2.76 bits per heavy atom. The first-order valence-electron chi connectivity index (χ1n) is 11.6. The Morgan fingerprint density at radius 2 is 1.91 bits per heavy atom. The van der Waals surface area contributed by atoms with Crippen LogP contribution in [0.5, 0.6) is 0 Å². The van der Waals surface area contributed by atoms with E-state index in [1.807, 2.05) is 35.3 Å². The van der Waals surface area contributed by atoms with Crippen LogP contribution in [0.4, 0.5) is 11.6 Å². The van der Waals surface area contributed by atoms with E-state index in [0.717, 1.165) is 72.7 Å². The number of hydrogen-bond acceptors (Lipinski definition) is 7. The van der Waals surface area contributed by atoms with Crippen LogP contribution in [0.25, 0.3) is 22.2 Å². The molecule has 0 bridgehead atoms. The van der Waals surface area contributed by atoms with Crippen LogP contribution in [0.2, 0.25) is 0 Å². The molecule has 1 aliphatic heterocycles. The molecule has 1 fully saturated rings. The molecule has 170 valence electrons. The largest absolute Gasteiger partial charge is 0.381 e. The van der Waals surface area contributed by atoms with Crippen LogP contribution in [-0.4, -0.2) is 43.2 Å². The van der Waals surface area contributed by atoms with Crippen molar-refractivity contribution in [2.75, 3.05) is 18.5 Å². The lowest BCUT2D eigenvalue weighted by atomic mass is 9.97. The molecule has 0 radical (unpaired) electrons. The topological polar surface area (TPSA) is 90.6 Å². The predicted molar refractivity (Wildman–Crippen MR) is 128 cm³/mol. The molecule has 33 heavy (non-hydrogen) atoms. The van der Waals surface area contributed by atoms with Gasteiger partial charge in [0.25, 0.3) is 0 Å². The van der Waals surface area contributed by atoms with E-state index in [4.69, 9.17) is 9.72 Å². The summed E-state index contributed by atoms with van der Waals surface area (Å²) in [5, 5.41) is 16.1. The zero-order valence-electron chi connectivity index (χ0n) is 19.1. The number of rotatable bonds is 7. The third kappa shape index (κ3) is 5.17. The Morgan fingerprint density at radius 1 is 1.03 bits per heavy atom. The molecule has 0 amide bonds. The molecule has 5 heterocycles. The van der Waals surface area contributed by atoms with Gasteiger partial charge in [-0.2, -0.15) is 10.2 Å². The SMILES string of the molecule is CC(C)c1cnnc(Nc2ccc3ncc(-c4cnn(CCC5CCOCC5)c4)cc3n2)c1. The molecule has 4 aromatic rings. The number of anilines is 2. The fourth-order valence-corrected chi connectivity index (χ4v) is 4.11. The minimum atomic E-state index is 0.384. The molecule has 4 aromatic heterocycles. The Labute approximate surface area is 193 Å². The molecule has 0 aromatic carbocycles. The molecule has 5 rings (SSSR count). The number of aryl methyl sites for hydroxylation is 1. The second-order valence-corrected chi connectivity index (χ2v) is 8.95. The van der Waals surface area contributed by atoms with Crippen LogP contribution in [0.3, 0.4) is 0 Å². The molecule has 8 nitrogen and oxygen atoms in total. The number of aromatic nitrogens is 6. The van der Waals surface area contributed by atoms with Crippen molar-refractivity contribution in [3.05, 3.63) is 54.6 Å². The van der Waals surface area contributed by atoms with Crippen molar-refractivity contribution in [3.8, 4) is 11.1 Å². The van der Waals surface area contributed by atoms with Crippen molar-refractivity contribution in [1.29, 1.82) is 0 Å². The van der Waals surface area contributed by atoms with Crippen LogP contribution in [-0.2, 0) is 11.3 Å². The lowest BCUT2D eigenvalue weighted by molar-refractivity contribution is 0.0623. The van der Waals surface area contributed by atoms with Crippen molar-refractivity contribution >= 4 is 22.7 Å². The molecule has 0 aliphatic carbocycles. The van der Waals surface area contributed by atoms with E-state index >= 15 is 0 Å². The van der Waals surface area contributed by atoms with E-state index in [-0.39, 0.29) is 0 Å². The van der Waals surface area contributed by atoms with Crippen molar-refractivity contribution in [2.45, 2.75) is 45.6 Å². The van der Waals surface area contributed by atoms with Gasteiger partial charge in [0.05, 0.1) is 23.4 Å². The molecule has 0 spiro atoms. The van der Waals surface area contributed by atoms with Crippen molar-refractivity contribution in [2.24, 2.45) is 5.92 Å². The highest BCUT2D eigenvalue weighted by Crippen LogP contribution is 2.25. The quantitative estimate of drug-likeness (QED) is 0.431. The van der Waals surface area contributed by atoms with Gasteiger partial charge in [-0.1, -0.05) is 13.8 Å². The Kier molecular flexibility index (Phi) is 6.26. The number of nitrogens with one attached hydrogen (secondary N) is 1. The van der Waals surface area contributed by atoms with Gasteiger partial charge >= 0.3 is 0 Å². The number of nitrogens with zero attached hydrogens (tertiary/aromatic N) is 6. The van der Waals surface area contributed by atoms with Crippen LogP contribution in [0.1, 0.15) is 44.6 Å². The molecule has 1 N–H and O–H groups in total. The summed E-state index contributed by atoms with van der Waals surface area (Å²) in [7, 11) is 0. The Bertz CT molecular complexity index is 1230. The maximum Gasteiger partial charge on any atom is 0.154 e. The van der Waals surface area contributed by atoms with Gasteiger partial charge in [-0.3, -0.25) is 9.67 Å². The first-order valence-corrected chi connectivity index (χ1v) is 11.6. The second-order valence-electron chi connectivity index (χ2n) is 8.95. The average Bonchev–Trinajstić information content (AvgIpc) is 3.32. The first kappa shape index (κ1) is 21.5. The first-order chi connectivity index (χ1) is 16.1. The number of hydrogen-bond donors (Lipinski definition) is 1. The lowest BCUT2D eigenvalue weighted by Gasteiger charge is -2.21. The van der Waals surface area contributed by atoms with Gasteiger partial charge in [-0.15, -0.1) is 5.10 Å². The van der Waals surface area contributed by atoms with Crippen LogP contribution in [0.15, 0.2) is 49.1 Å². The molecule has 0 saturated carbocycles. The third-order valence-electron chi connectivity index (χ3n) is 6.21. The molecule has 8 heteroatoms. The highest BCUT2D eigenvalue weighted by molar-refractivity contribution is 5.81. The standard InChI is InChI=1S/C25H29N7O/c1-17(2)19-12-25(31-27-14-19)30-24-4-3-22-23(29-24)11-20(13-26-22)21-15-28-32(16-21)8-5-18-6-9-33-10-7-18/h3-4,11-18H,5-10H2,1-2H3,(H,29,30,31). The minimum absolute atomic E-state index is 0.384. The highest BCUT2D eigenvalue weighted by Gasteiger charge is 2.14. The second kappa shape index (κ2) is 9.62. The molecule has 0 unspecified atom stereocenters. The van der Waals surface area contributed by atoms with Gasteiger partial charge < -0.3 is 10.1 Å². The number of pyridine rings is 2. The molecular weight excluding hydrogens is 414 g/mol. The number of ether oxygens (including phenoxy) is 1. The van der Waals surface area contributed by atoms with Crippen molar-refractivity contribution in [3.63, 3.8) is 0 Å². The highest BCUT2D eigenvalue weighted by atomic mass is 16.5. The van der Waals surface area contributed by atoms with E-state index in [2.05, 4.69) is 51.7 Å². The molecule has 1 aliphatic rings. The zero-order chi connectivity index (χ0) is 22.6. The summed E-state index contributed by atoms with van der Waals surface area (Å²) in [6, 6.07) is 7.94. The van der Waals surface area contributed by atoms with E-state index in [1.165, 1.54) is 0 Å². The maximum absolute atomic E-state index is 5.46. The molecule has 0 atom stereocenters. The monoisotopic (exact) mass is 443 g/mol. The molecular formula is C25H29N7O. The summed E-state index contributed by atoms with van der Waals surface area (Å²) in [5.74, 6) is 2.51.